The van der Waals surface area contributed by atoms with Crippen LogP contribution in [0.3, 0.4) is 0 Å². The van der Waals surface area contributed by atoms with Gasteiger partial charge in [-0.05, 0) is 70.0 Å². The molecule has 16 heteroatoms. The fraction of sp³-hybridized carbons (Fsp3) is 0.268. The summed E-state index contributed by atoms with van der Waals surface area (Å²) < 4.78 is 0. The number of carbonyl (C=O) groups excluding carboxylic acids is 4. The molecule has 6 aromatic rings. The maximum atomic E-state index is 14.0. The summed E-state index contributed by atoms with van der Waals surface area (Å²) in [5.41, 5.74) is 2.70. The highest BCUT2D eigenvalue weighted by Crippen LogP contribution is 2.40. The van der Waals surface area contributed by atoms with Crippen LogP contribution in [0.1, 0.15) is 73.3 Å². The predicted octanol–water partition coefficient (Wildman–Crippen LogP) is 5.76. The van der Waals surface area contributed by atoms with E-state index in [1.165, 1.54) is 24.3 Å². The number of fused-ring (bicyclic) bond motifs is 4. The van der Waals surface area contributed by atoms with Crippen molar-refractivity contribution in [3.8, 4) is 0 Å². The average molecular weight is 769 g/mol. The van der Waals surface area contributed by atoms with Gasteiger partial charge in [-0.15, -0.1) is 0 Å². The molecule has 2 aromatic heterocycles. The normalized spacial score (nSPS) is 15.6. The predicted molar refractivity (Wildman–Crippen MR) is 212 cm³/mol. The summed E-state index contributed by atoms with van der Waals surface area (Å²) in [5.74, 6) is -2.30. The maximum absolute atomic E-state index is 14.0. The van der Waals surface area contributed by atoms with Crippen LogP contribution in [0.25, 0.3) is 43.4 Å². The minimum atomic E-state index is -0.648. The third-order valence-corrected chi connectivity index (χ3v) is 10.8. The zero-order valence-electron chi connectivity index (χ0n) is 31.6. The van der Waals surface area contributed by atoms with Crippen LogP contribution in [0.4, 0.5) is 11.4 Å². The Morgan fingerprint density at radius 3 is 1.42 bits per heavy atom. The molecule has 16 nitrogen and oxygen atoms in total. The Morgan fingerprint density at radius 1 is 0.596 bits per heavy atom. The van der Waals surface area contributed by atoms with Gasteiger partial charge in [-0.25, -0.2) is 0 Å². The monoisotopic (exact) mass is 768 g/mol. The van der Waals surface area contributed by atoms with Gasteiger partial charge in [-0.1, -0.05) is 0 Å². The number of hydrogen-bond acceptors (Lipinski definition) is 12. The quantitative estimate of drug-likeness (QED) is 0.0698. The number of amides is 4. The van der Waals surface area contributed by atoms with Gasteiger partial charge in [0.1, 0.15) is 0 Å². The number of rotatable bonds is 11. The molecule has 0 fully saturated rings. The highest BCUT2D eigenvalue weighted by atomic mass is 16.6. The van der Waals surface area contributed by atoms with Gasteiger partial charge in [0, 0.05) is 118 Å². The van der Waals surface area contributed by atoms with Gasteiger partial charge in [0.25, 0.3) is 35.0 Å². The highest BCUT2D eigenvalue weighted by Gasteiger charge is 2.39. The van der Waals surface area contributed by atoms with E-state index < -0.39 is 45.6 Å². The Kier molecular flexibility index (Phi) is 8.97. The summed E-state index contributed by atoms with van der Waals surface area (Å²) >= 11 is 0. The summed E-state index contributed by atoms with van der Waals surface area (Å²) in [6, 6.07) is 10.7. The van der Waals surface area contributed by atoms with Gasteiger partial charge in [-0.2, -0.15) is 0 Å². The summed E-state index contributed by atoms with van der Waals surface area (Å²) in [6.45, 7) is 9.79. The lowest BCUT2D eigenvalue weighted by molar-refractivity contribution is -0.384. The standard InChI is InChI=1S/C41H36N8O8/c1-19-6-24-8-30-34-28(36(24)44-14-19)10-26(48(54)55)12-32(34)40(52)46(38(30)50)22(4)17-42-16-21(3)43-18-23(5)47-39(51)31-9-25-7-20(2)15-45-37(25)29-11-27(49(56)57)13-33(35(29)31)41(47)53/h6-15,21-23,42-43H,16-18H2,1-5H3/t21-,22-,23-/m1/s1. The Bertz CT molecular complexity index is 2820. The first-order chi connectivity index (χ1) is 27.1. The Labute approximate surface area is 324 Å². The number of non-ortho nitro benzene ring substituents is 2. The molecule has 2 aliphatic rings. The third-order valence-electron chi connectivity index (χ3n) is 10.8. The Hall–Kier alpha value is -6.78. The van der Waals surface area contributed by atoms with E-state index in [1.807, 2.05) is 32.9 Å². The van der Waals surface area contributed by atoms with Crippen LogP contribution in [0.5, 0.6) is 0 Å². The smallest absolute Gasteiger partial charge is 0.270 e. The second kappa shape index (κ2) is 13.8. The summed E-state index contributed by atoms with van der Waals surface area (Å²) in [4.78, 5) is 89.6. The van der Waals surface area contributed by atoms with Crippen molar-refractivity contribution in [1.29, 1.82) is 0 Å². The van der Waals surface area contributed by atoms with Crippen LogP contribution in [-0.4, -0.2) is 91.0 Å². The number of pyridine rings is 2. The minimum absolute atomic E-state index is 0.0591. The lowest BCUT2D eigenvalue weighted by atomic mass is 9.90. The molecular formula is C41H36N8O8. The second-order valence-corrected chi connectivity index (χ2v) is 15.0. The van der Waals surface area contributed by atoms with Crippen molar-refractivity contribution in [2.45, 2.75) is 52.7 Å². The first-order valence-corrected chi connectivity index (χ1v) is 18.4. The molecule has 0 saturated heterocycles. The van der Waals surface area contributed by atoms with E-state index in [0.717, 1.165) is 20.9 Å². The van der Waals surface area contributed by atoms with E-state index in [0.29, 0.717) is 49.9 Å². The molecule has 3 atom stereocenters. The van der Waals surface area contributed by atoms with Crippen LogP contribution in [0.2, 0.25) is 0 Å². The van der Waals surface area contributed by atoms with E-state index in [1.54, 1.807) is 38.4 Å². The number of hydrogen-bond donors (Lipinski definition) is 2. The number of aromatic nitrogens is 2. The number of imide groups is 2. The first kappa shape index (κ1) is 37.2. The van der Waals surface area contributed by atoms with Gasteiger partial charge in [-0.3, -0.25) is 59.2 Å². The van der Waals surface area contributed by atoms with Crippen LogP contribution in [0, 0.1) is 34.1 Å². The molecule has 4 amide bonds. The molecule has 2 aliphatic heterocycles. The molecule has 0 spiro atoms. The molecule has 0 saturated carbocycles. The number of nitrogens with one attached hydrogen (secondary N) is 2. The lowest BCUT2D eigenvalue weighted by Crippen LogP contribution is -2.52. The molecule has 8 rings (SSSR count). The van der Waals surface area contributed by atoms with E-state index in [4.69, 9.17) is 0 Å². The van der Waals surface area contributed by atoms with Gasteiger partial charge in [0.05, 0.1) is 32.0 Å². The van der Waals surface area contributed by atoms with Crippen molar-refractivity contribution in [3.63, 3.8) is 0 Å². The highest BCUT2D eigenvalue weighted by molar-refractivity contribution is 6.30. The summed E-state index contributed by atoms with van der Waals surface area (Å²) in [6.07, 6.45) is 3.27. The fourth-order valence-electron chi connectivity index (χ4n) is 8.04. The van der Waals surface area contributed by atoms with Crippen molar-refractivity contribution < 1.29 is 29.0 Å². The molecule has 0 radical (unpaired) electrons. The number of benzene rings is 4. The molecule has 4 heterocycles. The van der Waals surface area contributed by atoms with Crippen molar-refractivity contribution in [1.82, 2.24) is 30.4 Å². The fourth-order valence-corrected chi connectivity index (χ4v) is 8.04. The van der Waals surface area contributed by atoms with Gasteiger partial charge in [0.15, 0.2) is 0 Å². The van der Waals surface area contributed by atoms with Gasteiger partial charge >= 0.3 is 0 Å². The van der Waals surface area contributed by atoms with Gasteiger partial charge < -0.3 is 10.6 Å². The van der Waals surface area contributed by atoms with Crippen LogP contribution in [0.15, 0.2) is 60.9 Å². The maximum Gasteiger partial charge on any atom is 0.270 e. The van der Waals surface area contributed by atoms with Crippen molar-refractivity contribution in [2.24, 2.45) is 0 Å². The molecule has 0 aliphatic carbocycles. The second-order valence-electron chi connectivity index (χ2n) is 15.0. The van der Waals surface area contributed by atoms with Crippen molar-refractivity contribution in [2.75, 3.05) is 19.6 Å². The van der Waals surface area contributed by atoms with E-state index in [2.05, 4.69) is 20.6 Å². The Morgan fingerprint density at radius 2 is 1.00 bits per heavy atom. The minimum Gasteiger partial charge on any atom is -0.313 e. The van der Waals surface area contributed by atoms with E-state index in [9.17, 15) is 39.4 Å². The molecule has 0 unspecified atom stereocenters. The molecule has 288 valence electrons. The van der Waals surface area contributed by atoms with Crippen molar-refractivity contribution in [3.05, 3.63) is 115 Å². The first-order valence-electron chi connectivity index (χ1n) is 18.4. The molecule has 2 N–H and O–H groups in total. The molecule has 0 bridgehead atoms. The number of carbonyl (C=O) groups is 4. The summed E-state index contributed by atoms with van der Waals surface area (Å²) in [7, 11) is 0. The SMILES string of the molecule is Cc1cnc2c(c1)cc1c3c(cc([N+](=O)[O-])cc32)C(=O)N([C@H](C)CNC[C@@H](C)NC[C@@H](C)N2C(=O)c3cc([N+](=O)[O-])cc4c3c(cc3cc(C)cnc34)C2=O)C1=O. The topological polar surface area (TPSA) is 211 Å². The Balaban J connectivity index is 0.964. The number of nitrogens with zero attached hydrogens (tertiary/aromatic N) is 6. The number of aryl methyl sites for hydroxylation is 2. The number of nitro groups is 2. The number of nitro benzene ring substituents is 2. The summed E-state index contributed by atoms with van der Waals surface area (Å²) in [5, 5.41) is 33.1. The van der Waals surface area contributed by atoms with Crippen LogP contribution < -0.4 is 10.6 Å². The van der Waals surface area contributed by atoms with Crippen molar-refractivity contribution >= 4 is 78.4 Å². The zero-order chi connectivity index (χ0) is 40.6. The average Bonchev–Trinajstić information content (AvgIpc) is 3.17. The van der Waals surface area contributed by atoms with Gasteiger partial charge in [0.2, 0.25) is 0 Å². The van der Waals surface area contributed by atoms with E-state index in [-0.39, 0.29) is 52.8 Å². The molecular weight excluding hydrogens is 732 g/mol. The molecule has 4 aromatic carbocycles. The van der Waals surface area contributed by atoms with Crippen LogP contribution >= 0.6 is 0 Å². The largest absolute Gasteiger partial charge is 0.313 e. The third kappa shape index (κ3) is 6.09. The molecule has 57 heavy (non-hydrogen) atoms. The van der Waals surface area contributed by atoms with E-state index >= 15 is 0 Å². The lowest BCUT2D eigenvalue weighted by Gasteiger charge is -2.33. The zero-order valence-corrected chi connectivity index (χ0v) is 31.6. The van der Waals surface area contributed by atoms with Crippen LogP contribution in [-0.2, 0) is 0 Å².